The van der Waals surface area contributed by atoms with Gasteiger partial charge in [0.1, 0.15) is 0 Å². The van der Waals surface area contributed by atoms with E-state index >= 15 is 0 Å². The minimum absolute atomic E-state index is 0. The molecule has 29 valence electrons. The molecule has 0 atom stereocenters. The first-order valence-corrected chi connectivity index (χ1v) is 1.40. The Balaban J connectivity index is 0. The number of ketones is 1. The Labute approximate surface area is 49.6 Å². The fourth-order valence-corrected chi connectivity index (χ4v) is 0. The molecule has 0 saturated heterocycles. The van der Waals surface area contributed by atoms with Crippen molar-refractivity contribution in [1.29, 1.82) is 0 Å². The number of hydrogen-bond donors (Lipinski definition) is 0. The van der Waals surface area contributed by atoms with Crippen LogP contribution in [0, 0.1) is 0 Å². The number of carbonyl (C=O) groups is 1. The maximum atomic E-state index is 9.69. The smallest absolute Gasteiger partial charge is 0.152 e. The minimum Gasteiger partial charge on any atom is -0.295 e. The van der Waals surface area contributed by atoms with Crippen LogP contribution in [0.15, 0.2) is 12.7 Å². The van der Waals surface area contributed by atoms with Crippen LogP contribution < -0.4 is 0 Å². The third kappa shape index (κ3) is 8.99. The van der Waals surface area contributed by atoms with Crippen molar-refractivity contribution < 1.29 is 4.79 Å². The molecule has 0 saturated carbocycles. The Morgan fingerprint density at radius 3 is 2.00 bits per heavy atom. The summed E-state index contributed by atoms with van der Waals surface area (Å²) in [6.45, 7) is 4.68. The number of carbonyl (C=O) groups excluding carboxylic acids is 1. The van der Waals surface area contributed by atoms with E-state index in [0.717, 1.165) is 0 Å². The molecule has 0 rings (SSSR count). The van der Waals surface area contributed by atoms with E-state index < -0.39 is 0 Å². The summed E-state index contributed by atoms with van der Waals surface area (Å²) < 4.78 is 0. The second-order valence-corrected chi connectivity index (χ2v) is 0.815. The summed E-state index contributed by atoms with van der Waals surface area (Å²) in [7, 11) is 0. The van der Waals surface area contributed by atoms with Crippen LogP contribution in [0.3, 0.4) is 0 Å². The summed E-state index contributed by atoms with van der Waals surface area (Å²) in [6, 6.07) is 0. The molecule has 0 heterocycles. The van der Waals surface area contributed by atoms with Crippen LogP contribution in [0.25, 0.3) is 0 Å². The quantitative estimate of drug-likeness (QED) is 0.326. The molecular weight excluding hydrogens is 71.0 g/mol. The van der Waals surface area contributed by atoms with Gasteiger partial charge in [-0.2, -0.15) is 0 Å². The molecule has 1 radical (unpaired) electrons. The van der Waals surface area contributed by atoms with Crippen molar-refractivity contribution in [2.24, 2.45) is 0 Å². The van der Waals surface area contributed by atoms with Gasteiger partial charge in [0.25, 0.3) is 0 Å². The molecule has 0 amide bonds. The van der Waals surface area contributed by atoms with Crippen molar-refractivity contribution in [3.05, 3.63) is 12.7 Å². The molecule has 0 fully saturated rings. The summed E-state index contributed by atoms with van der Waals surface area (Å²) >= 11 is 0. The normalized spacial score (nSPS) is 5.50. The van der Waals surface area contributed by atoms with Gasteiger partial charge >= 0.3 is 0 Å². The van der Waals surface area contributed by atoms with E-state index in [2.05, 4.69) is 6.58 Å². The molecular formula is C4H6LiO. The molecule has 0 aliphatic carbocycles. The van der Waals surface area contributed by atoms with Gasteiger partial charge in [-0.15, -0.1) is 0 Å². The topological polar surface area (TPSA) is 17.1 Å². The second-order valence-electron chi connectivity index (χ2n) is 0.815. The number of allylic oxidation sites excluding steroid dienone is 1. The SMILES string of the molecule is C=CC(C)=O.[Li]. The molecule has 1 nitrogen and oxygen atoms in total. The Hall–Kier alpha value is 0.00740. The molecule has 0 aromatic rings. The van der Waals surface area contributed by atoms with E-state index in [9.17, 15) is 4.79 Å². The van der Waals surface area contributed by atoms with Crippen molar-refractivity contribution in [3.63, 3.8) is 0 Å². The summed E-state index contributed by atoms with van der Waals surface area (Å²) in [5.74, 6) is 0.0185. The fourth-order valence-electron chi connectivity index (χ4n) is 0. The first-order chi connectivity index (χ1) is 2.27. The Bertz CT molecular complexity index is 58.6. The number of hydrogen-bond acceptors (Lipinski definition) is 1. The van der Waals surface area contributed by atoms with E-state index in [1.807, 2.05) is 0 Å². The average Bonchev–Trinajstić information content (AvgIpc) is 1.38. The van der Waals surface area contributed by atoms with Gasteiger partial charge < -0.3 is 0 Å². The molecule has 0 aliphatic heterocycles. The van der Waals surface area contributed by atoms with Crippen LogP contribution in [-0.2, 0) is 4.79 Å². The summed E-state index contributed by atoms with van der Waals surface area (Å²) in [5, 5.41) is 0. The van der Waals surface area contributed by atoms with Gasteiger partial charge in [0.05, 0.1) is 0 Å². The van der Waals surface area contributed by atoms with Crippen molar-refractivity contribution in [1.82, 2.24) is 0 Å². The van der Waals surface area contributed by atoms with Crippen LogP contribution in [0.4, 0.5) is 0 Å². The van der Waals surface area contributed by atoms with Crippen molar-refractivity contribution in [2.45, 2.75) is 6.92 Å². The first kappa shape index (κ1) is 9.38. The van der Waals surface area contributed by atoms with E-state index in [-0.39, 0.29) is 24.6 Å². The minimum atomic E-state index is 0. The molecule has 0 aromatic heterocycles. The van der Waals surface area contributed by atoms with Crippen molar-refractivity contribution >= 4 is 24.6 Å². The average molecular weight is 77.0 g/mol. The van der Waals surface area contributed by atoms with Crippen LogP contribution in [-0.4, -0.2) is 24.6 Å². The maximum absolute atomic E-state index is 9.69. The van der Waals surface area contributed by atoms with E-state index in [4.69, 9.17) is 0 Å². The third-order valence-corrected chi connectivity index (χ3v) is 0.287. The molecule has 0 bridgehead atoms. The van der Waals surface area contributed by atoms with Gasteiger partial charge in [0.2, 0.25) is 0 Å². The number of rotatable bonds is 1. The first-order valence-electron chi connectivity index (χ1n) is 1.40. The monoisotopic (exact) mass is 77.1 g/mol. The third-order valence-electron chi connectivity index (χ3n) is 0.287. The van der Waals surface area contributed by atoms with Crippen LogP contribution in [0.2, 0.25) is 0 Å². The van der Waals surface area contributed by atoms with Gasteiger partial charge in [-0.1, -0.05) is 6.58 Å². The molecule has 0 spiro atoms. The molecule has 0 aliphatic rings. The fraction of sp³-hybridized carbons (Fsp3) is 0.250. The van der Waals surface area contributed by atoms with E-state index in [1.54, 1.807) is 0 Å². The zero-order valence-corrected chi connectivity index (χ0v) is 4.19. The summed E-state index contributed by atoms with van der Waals surface area (Å²) in [5.41, 5.74) is 0. The van der Waals surface area contributed by atoms with Gasteiger partial charge in [0, 0.05) is 18.9 Å². The van der Waals surface area contributed by atoms with Crippen LogP contribution >= 0.6 is 0 Å². The molecule has 2 heteroatoms. The van der Waals surface area contributed by atoms with Crippen LogP contribution in [0.5, 0.6) is 0 Å². The zero-order chi connectivity index (χ0) is 4.28. The molecule has 0 aromatic carbocycles. The van der Waals surface area contributed by atoms with Crippen LogP contribution in [0.1, 0.15) is 6.92 Å². The molecule has 6 heavy (non-hydrogen) atoms. The predicted molar refractivity (Wildman–Crippen MR) is 26.6 cm³/mol. The van der Waals surface area contributed by atoms with Crippen molar-refractivity contribution in [2.75, 3.05) is 0 Å². The van der Waals surface area contributed by atoms with Gasteiger partial charge in [-0.25, -0.2) is 0 Å². The van der Waals surface area contributed by atoms with E-state index in [1.165, 1.54) is 13.0 Å². The van der Waals surface area contributed by atoms with Gasteiger partial charge in [-0.3, -0.25) is 4.79 Å². The van der Waals surface area contributed by atoms with E-state index in [0.29, 0.717) is 0 Å². The zero-order valence-electron chi connectivity index (χ0n) is 4.19. The summed E-state index contributed by atoms with van der Waals surface area (Å²) in [4.78, 5) is 9.69. The predicted octanol–water partition coefficient (Wildman–Crippen LogP) is 0.381. The standard InChI is InChI=1S/C4H6O.Li/c1-3-4(2)5;/h3H,1H2,2H3;. The Morgan fingerprint density at radius 1 is 1.83 bits per heavy atom. The molecule has 0 unspecified atom stereocenters. The Morgan fingerprint density at radius 2 is 2.00 bits per heavy atom. The molecule has 0 N–H and O–H groups in total. The summed E-state index contributed by atoms with van der Waals surface area (Å²) in [6.07, 6.45) is 1.28. The second kappa shape index (κ2) is 5.01. The largest absolute Gasteiger partial charge is 0.295 e. The van der Waals surface area contributed by atoms with Gasteiger partial charge in [0.15, 0.2) is 5.78 Å². The van der Waals surface area contributed by atoms with Crippen molar-refractivity contribution in [3.8, 4) is 0 Å². The van der Waals surface area contributed by atoms with Gasteiger partial charge in [-0.05, 0) is 13.0 Å². The Kier molecular flexibility index (Phi) is 7.83. The maximum Gasteiger partial charge on any atom is 0.152 e.